The molecule has 11 heteroatoms. The number of aromatic nitrogens is 2. The van der Waals surface area contributed by atoms with Crippen LogP contribution < -0.4 is 10.6 Å². The Morgan fingerprint density at radius 1 is 1.24 bits per heavy atom. The molecule has 1 aliphatic heterocycles. The Morgan fingerprint density at radius 2 is 1.97 bits per heavy atom. The van der Waals surface area contributed by atoms with Gasteiger partial charge in [0.2, 0.25) is 0 Å². The van der Waals surface area contributed by atoms with E-state index in [-0.39, 0.29) is 48.8 Å². The van der Waals surface area contributed by atoms with Gasteiger partial charge in [0.25, 0.3) is 11.8 Å². The van der Waals surface area contributed by atoms with Gasteiger partial charge in [-0.05, 0) is 50.1 Å². The summed E-state index contributed by atoms with van der Waals surface area (Å²) in [6, 6.07) is 6.61. The number of amides is 2. The van der Waals surface area contributed by atoms with Gasteiger partial charge in [0.15, 0.2) is 5.01 Å². The molecule has 3 aromatic rings. The van der Waals surface area contributed by atoms with Crippen LogP contribution >= 0.6 is 35.3 Å². The van der Waals surface area contributed by atoms with Crippen LogP contribution in [0.15, 0.2) is 24.3 Å². The number of thiazole rings is 1. The number of halogens is 2. The molecule has 2 aromatic heterocycles. The molecule has 3 heterocycles. The van der Waals surface area contributed by atoms with Crippen molar-refractivity contribution in [2.75, 3.05) is 20.2 Å². The predicted molar refractivity (Wildman–Crippen MR) is 135 cm³/mol. The van der Waals surface area contributed by atoms with Crippen LogP contribution in [0.4, 0.5) is 0 Å². The average molecular weight is 524 g/mol. The Bertz CT molecular complexity index is 1210. The minimum atomic E-state index is -0.283. The number of carbonyl (C=O) groups excluding carboxylic acids is 2. The summed E-state index contributed by atoms with van der Waals surface area (Å²) in [5.74, 6) is -0.460. The number of nitrogens with one attached hydrogen (secondary N) is 3. The van der Waals surface area contributed by atoms with E-state index in [2.05, 4.69) is 32.5 Å². The number of fused-ring (bicyclic) bond motifs is 2. The van der Waals surface area contributed by atoms with Gasteiger partial charge in [0.1, 0.15) is 5.69 Å². The van der Waals surface area contributed by atoms with E-state index in [1.54, 1.807) is 18.2 Å². The number of rotatable bonds is 5. The van der Waals surface area contributed by atoms with Crippen molar-refractivity contribution in [3.05, 3.63) is 50.6 Å². The largest absolute Gasteiger partial charge is 0.396 e. The third-order valence-electron chi connectivity index (χ3n) is 6.50. The van der Waals surface area contributed by atoms with Gasteiger partial charge in [-0.25, -0.2) is 4.98 Å². The minimum absolute atomic E-state index is 0. The summed E-state index contributed by atoms with van der Waals surface area (Å²) in [6.07, 6.45) is 2.04. The SMILES string of the molecule is CN1CCc2nc(C(=O)N[C@@H]3CC(CO)CC3NC(=O)c3cc4cc(Cl)ccc4[nH]3)sc2C1.Cl. The first-order valence-electron chi connectivity index (χ1n) is 11.1. The lowest BCUT2D eigenvalue weighted by Gasteiger charge is -2.21. The van der Waals surface area contributed by atoms with Gasteiger partial charge in [0, 0.05) is 59.0 Å². The van der Waals surface area contributed by atoms with E-state index in [9.17, 15) is 14.7 Å². The number of likely N-dealkylation sites (N-methyl/N-ethyl adjacent to an activating group) is 1. The van der Waals surface area contributed by atoms with E-state index in [1.165, 1.54) is 11.3 Å². The number of hydrogen-bond acceptors (Lipinski definition) is 6. The van der Waals surface area contributed by atoms with Gasteiger partial charge in [0.05, 0.1) is 5.69 Å². The number of carbonyl (C=O) groups is 2. The van der Waals surface area contributed by atoms with Crippen LogP contribution in [-0.4, -0.2) is 64.1 Å². The Kier molecular flexibility index (Phi) is 7.49. The number of aliphatic hydroxyl groups is 1. The second-order valence-electron chi connectivity index (χ2n) is 8.97. The number of H-pyrrole nitrogens is 1. The van der Waals surface area contributed by atoms with Crippen molar-refractivity contribution in [3.8, 4) is 0 Å². The van der Waals surface area contributed by atoms with E-state index >= 15 is 0 Å². The number of hydrogen-bond donors (Lipinski definition) is 4. The molecule has 34 heavy (non-hydrogen) atoms. The van der Waals surface area contributed by atoms with Crippen molar-refractivity contribution >= 4 is 58.1 Å². The summed E-state index contributed by atoms with van der Waals surface area (Å²) in [6.45, 7) is 1.76. The lowest BCUT2D eigenvalue weighted by atomic mass is 10.1. The first-order chi connectivity index (χ1) is 15.9. The predicted octanol–water partition coefficient (Wildman–Crippen LogP) is 2.99. The first-order valence-corrected chi connectivity index (χ1v) is 12.3. The lowest BCUT2D eigenvalue weighted by Crippen LogP contribution is -2.48. The van der Waals surface area contributed by atoms with Crippen LogP contribution in [0.3, 0.4) is 0 Å². The van der Waals surface area contributed by atoms with Crippen molar-refractivity contribution in [2.24, 2.45) is 5.92 Å². The fraction of sp³-hybridized carbons (Fsp3) is 0.435. The Balaban J connectivity index is 0.00000274. The zero-order chi connectivity index (χ0) is 23.1. The zero-order valence-corrected chi connectivity index (χ0v) is 21.0. The maximum absolute atomic E-state index is 13.0. The molecule has 0 radical (unpaired) electrons. The van der Waals surface area contributed by atoms with E-state index in [0.717, 1.165) is 41.0 Å². The van der Waals surface area contributed by atoms with Gasteiger partial charge in [-0.15, -0.1) is 23.7 Å². The molecule has 8 nitrogen and oxygen atoms in total. The van der Waals surface area contributed by atoms with Crippen LogP contribution in [0, 0.1) is 5.92 Å². The van der Waals surface area contributed by atoms with Gasteiger partial charge in [-0.1, -0.05) is 11.6 Å². The quantitative estimate of drug-likeness (QED) is 0.410. The summed E-state index contributed by atoms with van der Waals surface area (Å²) in [7, 11) is 2.06. The molecule has 2 aliphatic rings. The van der Waals surface area contributed by atoms with E-state index in [4.69, 9.17) is 11.6 Å². The second kappa shape index (κ2) is 10.2. The summed E-state index contributed by atoms with van der Waals surface area (Å²) in [4.78, 5) is 37.0. The van der Waals surface area contributed by atoms with Crippen LogP contribution in [-0.2, 0) is 13.0 Å². The van der Waals surface area contributed by atoms with E-state index in [0.29, 0.717) is 28.6 Å². The summed E-state index contributed by atoms with van der Waals surface area (Å²) in [5.41, 5.74) is 2.26. The maximum Gasteiger partial charge on any atom is 0.280 e. The van der Waals surface area contributed by atoms with Gasteiger partial charge in [-0.2, -0.15) is 0 Å². The highest BCUT2D eigenvalue weighted by molar-refractivity contribution is 7.13. The summed E-state index contributed by atoms with van der Waals surface area (Å²) in [5, 5.41) is 17.7. The van der Waals surface area contributed by atoms with Crippen molar-refractivity contribution in [1.82, 2.24) is 25.5 Å². The number of nitrogens with zero attached hydrogens (tertiary/aromatic N) is 2. The van der Waals surface area contributed by atoms with Crippen LogP contribution in [0.25, 0.3) is 10.9 Å². The van der Waals surface area contributed by atoms with Crippen LogP contribution in [0.1, 0.15) is 43.7 Å². The van der Waals surface area contributed by atoms with Crippen molar-refractivity contribution < 1.29 is 14.7 Å². The molecule has 182 valence electrons. The Labute approximate surface area is 212 Å². The standard InChI is InChI=1S/C23H26ClN5O3S.ClH/c1-29-5-4-16-20(10-29)33-23(28-16)22(32)27-18-7-12(11-30)6-17(18)26-21(31)19-9-13-8-14(24)2-3-15(13)25-19;/h2-3,8-9,12,17-18,25,30H,4-7,10-11H2,1H3,(H,26,31)(H,27,32);1H/t12?,17?,18-;/m1./s1. The third kappa shape index (κ3) is 5.08. The number of benzene rings is 1. The van der Waals surface area contributed by atoms with E-state index < -0.39 is 0 Å². The number of aromatic amines is 1. The fourth-order valence-corrected chi connectivity index (χ4v) is 6.01. The molecule has 3 atom stereocenters. The third-order valence-corrected chi connectivity index (χ3v) is 7.81. The molecule has 1 aromatic carbocycles. The fourth-order valence-electron chi connectivity index (χ4n) is 4.73. The molecule has 0 bridgehead atoms. The smallest absolute Gasteiger partial charge is 0.280 e. The Hall–Kier alpha value is -2.17. The summed E-state index contributed by atoms with van der Waals surface area (Å²) < 4.78 is 0. The second-order valence-corrected chi connectivity index (χ2v) is 10.5. The van der Waals surface area contributed by atoms with Crippen molar-refractivity contribution in [2.45, 2.75) is 37.9 Å². The molecule has 2 amide bonds. The minimum Gasteiger partial charge on any atom is -0.396 e. The van der Waals surface area contributed by atoms with Gasteiger partial charge < -0.3 is 25.6 Å². The highest BCUT2D eigenvalue weighted by Gasteiger charge is 2.37. The lowest BCUT2D eigenvalue weighted by molar-refractivity contribution is 0.0889. The molecule has 5 rings (SSSR count). The zero-order valence-electron chi connectivity index (χ0n) is 18.6. The Morgan fingerprint density at radius 3 is 2.71 bits per heavy atom. The highest BCUT2D eigenvalue weighted by Crippen LogP contribution is 2.28. The molecule has 1 fully saturated rings. The molecule has 1 saturated carbocycles. The maximum atomic E-state index is 13.0. The first kappa shape index (κ1) is 24.9. The molecular weight excluding hydrogens is 497 g/mol. The number of aliphatic hydroxyl groups excluding tert-OH is 1. The van der Waals surface area contributed by atoms with Gasteiger partial charge >= 0.3 is 0 Å². The molecule has 0 saturated heterocycles. The van der Waals surface area contributed by atoms with Crippen LogP contribution in [0.5, 0.6) is 0 Å². The highest BCUT2D eigenvalue weighted by atomic mass is 35.5. The average Bonchev–Trinajstić information content (AvgIpc) is 3.49. The normalized spacial score (nSPS) is 22.3. The molecule has 1 aliphatic carbocycles. The monoisotopic (exact) mass is 523 g/mol. The van der Waals surface area contributed by atoms with Crippen LogP contribution in [0.2, 0.25) is 5.02 Å². The van der Waals surface area contributed by atoms with Gasteiger partial charge in [-0.3, -0.25) is 9.59 Å². The van der Waals surface area contributed by atoms with E-state index in [1.807, 2.05) is 6.07 Å². The summed E-state index contributed by atoms with van der Waals surface area (Å²) >= 11 is 7.49. The molecular formula is C23H27Cl2N5O3S. The topological polar surface area (TPSA) is 110 Å². The molecule has 2 unspecified atom stereocenters. The molecule has 4 N–H and O–H groups in total. The van der Waals surface area contributed by atoms with Crippen molar-refractivity contribution in [1.29, 1.82) is 0 Å². The molecule has 0 spiro atoms. The van der Waals surface area contributed by atoms with Crippen molar-refractivity contribution in [3.63, 3.8) is 0 Å².